The Balaban J connectivity index is 2.00. The van der Waals surface area contributed by atoms with Crippen molar-refractivity contribution in [1.29, 1.82) is 0 Å². The second-order valence-electron chi connectivity index (χ2n) is 6.43. The van der Waals surface area contributed by atoms with Gasteiger partial charge in [-0.25, -0.2) is 0 Å². The van der Waals surface area contributed by atoms with Gasteiger partial charge in [0.05, 0.1) is 17.6 Å². The fourth-order valence-corrected chi connectivity index (χ4v) is 2.95. The maximum absolute atomic E-state index is 6.15. The molecule has 1 heterocycles. The van der Waals surface area contributed by atoms with E-state index >= 15 is 0 Å². The molecule has 2 aromatic carbocycles. The van der Waals surface area contributed by atoms with E-state index in [0.717, 1.165) is 46.9 Å². The SMILES string of the molecule is CCCc1cnc(-c2cccc(Oc3ccccc3)c2C(C)C)cn1. The Labute approximate surface area is 149 Å². The van der Waals surface area contributed by atoms with Crippen LogP contribution < -0.4 is 4.74 Å². The summed E-state index contributed by atoms with van der Waals surface area (Å²) in [5, 5.41) is 0. The van der Waals surface area contributed by atoms with E-state index in [1.165, 1.54) is 0 Å². The molecule has 0 N–H and O–H groups in total. The van der Waals surface area contributed by atoms with E-state index in [9.17, 15) is 0 Å². The quantitative estimate of drug-likeness (QED) is 0.554. The number of rotatable bonds is 6. The van der Waals surface area contributed by atoms with Gasteiger partial charge in [0.15, 0.2) is 0 Å². The first kappa shape index (κ1) is 17.2. The highest BCUT2D eigenvalue weighted by molar-refractivity contribution is 5.67. The molecule has 1 aromatic heterocycles. The van der Waals surface area contributed by atoms with Crippen molar-refractivity contribution < 1.29 is 4.74 Å². The Kier molecular flexibility index (Phi) is 5.44. The molecular weight excluding hydrogens is 308 g/mol. The van der Waals surface area contributed by atoms with Crippen LogP contribution in [0, 0.1) is 0 Å². The van der Waals surface area contributed by atoms with Gasteiger partial charge in [0.1, 0.15) is 11.5 Å². The van der Waals surface area contributed by atoms with Crippen molar-refractivity contribution in [2.24, 2.45) is 0 Å². The number of aromatic nitrogens is 2. The molecule has 0 saturated carbocycles. The lowest BCUT2D eigenvalue weighted by Gasteiger charge is -2.18. The molecule has 0 saturated heterocycles. The van der Waals surface area contributed by atoms with Crippen LogP contribution in [0.5, 0.6) is 11.5 Å². The first-order chi connectivity index (χ1) is 12.2. The van der Waals surface area contributed by atoms with Crippen LogP contribution in [-0.4, -0.2) is 9.97 Å². The van der Waals surface area contributed by atoms with Crippen LogP contribution in [0.25, 0.3) is 11.3 Å². The molecule has 128 valence electrons. The van der Waals surface area contributed by atoms with Crippen molar-refractivity contribution in [3.8, 4) is 22.8 Å². The molecule has 0 aliphatic carbocycles. The third-order valence-corrected chi connectivity index (χ3v) is 4.10. The summed E-state index contributed by atoms with van der Waals surface area (Å²) in [7, 11) is 0. The summed E-state index contributed by atoms with van der Waals surface area (Å²) in [5.74, 6) is 2.02. The Hall–Kier alpha value is -2.68. The highest BCUT2D eigenvalue weighted by Crippen LogP contribution is 2.37. The monoisotopic (exact) mass is 332 g/mol. The molecule has 0 fully saturated rings. The molecule has 0 unspecified atom stereocenters. The zero-order valence-electron chi connectivity index (χ0n) is 15.1. The van der Waals surface area contributed by atoms with Crippen LogP contribution in [0.15, 0.2) is 60.9 Å². The van der Waals surface area contributed by atoms with E-state index in [0.29, 0.717) is 5.92 Å². The smallest absolute Gasteiger partial charge is 0.131 e. The highest BCUT2D eigenvalue weighted by Gasteiger charge is 2.16. The van der Waals surface area contributed by atoms with Crippen LogP contribution in [0.4, 0.5) is 0 Å². The number of para-hydroxylation sites is 1. The van der Waals surface area contributed by atoms with Crippen LogP contribution >= 0.6 is 0 Å². The number of hydrogen-bond acceptors (Lipinski definition) is 3. The van der Waals surface area contributed by atoms with Gasteiger partial charge in [0.25, 0.3) is 0 Å². The molecule has 0 atom stereocenters. The number of hydrogen-bond donors (Lipinski definition) is 0. The van der Waals surface area contributed by atoms with Crippen molar-refractivity contribution >= 4 is 0 Å². The summed E-state index contributed by atoms with van der Waals surface area (Å²) in [6, 6.07) is 16.0. The Morgan fingerprint density at radius 1 is 0.920 bits per heavy atom. The lowest BCUT2D eigenvalue weighted by molar-refractivity contribution is 0.473. The molecule has 3 rings (SSSR count). The average Bonchev–Trinajstić information content (AvgIpc) is 2.63. The van der Waals surface area contributed by atoms with Crippen molar-refractivity contribution in [1.82, 2.24) is 9.97 Å². The minimum Gasteiger partial charge on any atom is -0.457 e. The average molecular weight is 332 g/mol. The summed E-state index contributed by atoms with van der Waals surface area (Å²) >= 11 is 0. The summed E-state index contributed by atoms with van der Waals surface area (Å²) in [6.07, 6.45) is 5.79. The minimum atomic E-state index is 0.312. The maximum atomic E-state index is 6.15. The van der Waals surface area contributed by atoms with E-state index in [1.807, 2.05) is 54.9 Å². The first-order valence-corrected chi connectivity index (χ1v) is 8.86. The maximum Gasteiger partial charge on any atom is 0.131 e. The van der Waals surface area contributed by atoms with Gasteiger partial charge in [-0.05, 0) is 30.5 Å². The molecule has 0 spiro atoms. The van der Waals surface area contributed by atoms with E-state index in [2.05, 4.69) is 36.8 Å². The second-order valence-corrected chi connectivity index (χ2v) is 6.43. The molecule has 3 aromatic rings. The van der Waals surface area contributed by atoms with Crippen LogP contribution in [0.2, 0.25) is 0 Å². The predicted molar refractivity (Wildman–Crippen MR) is 102 cm³/mol. The van der Waals surface area contributed by atoms with Gasteiger partial charge in [0.2, 0.25) is 0 Å². The molecule has 3 nitrogen and oxygen atoms in total. The number of nitrogens with zero attached hydrogens (tertiary/aromatic N) is 2. The summed E-state index contributed by atoms with van der Waals surface area (Å²) < 4.78 is 6.15. The topological polar surface area (TPSA) is 35.0 Å². The van der Waals surface area contributed by atoms with Crippen molar-refractivity contribution in [2.45, 2.75) is 39.5 Å². The van der Waals surface area contributed by atoms with Crippen LogP contribution in [0.3, 0.4) is 0 Å². The highest BCUT2D eigenvalue weighted by atomic mass is 16.5. The van der Waals surface area contributed by atoms with Gasteiger partial charge in [-0.3, -0.25) is 9.97 Å². The molecule has 0 aliphatic heterocycles. The van der Waals surface area contributed by atoms with Gasteiger partial charge in [0, 0.05) is 17.3 Å². The second kappa shape index (κ2) is 7.93. The third kappa shape index (κ3) is 4.05. The molecule has 25 heavy (non-hydrogen) atoms. The zero-order chi connectivity index (χ0) is 17.6. The summed E-state index contributed by atoms with van der Waals surface area (Å²) in [6.45, 7) is 6.50. The summed E-state index contributed by atoms with van der Waals surface area (Å²) in [4.78, 5) is 9.20. The first-order valence-electron chi connectivity index (χ1n) is 8.86. The number of aryl methyl sites for hydroxylation is 1. The summed E-state index contributed by atoms with van der Waals surface area (Å²) in [5.41, 5.74) is 4.17. The fraction of sp³-hybridized carbons (Fsp3) is 0.273. The predicted octanol–water partition coefficient (Wildman–Crippen LogP) is 6.01. The number of ether oxygens (including phenoxy) is 1. The molecule has 0 bridgehead atoms. The van der Waals surface area contributed by atoms with Crippen molar-refractivity contribution in [3.05, 3.63) is 72.2 Å². The van der Waals surface area contributed by atoms with E-state index < -0.39 is 0 Å². The fourth-order valence-electron chi connectivity index (χ4n) is 2.95. The van der Waals surface area contributed by atoms with Crippen molar-refractivity contribution in [2.75, 3.05) is 0 Å². The Morgan fingerprint density at radius 3 is 2.36 bits per heavy atom. The lowest BCUT2D eigenvalue weighted by atomic mass is 9.94. The largest absolute Gasteiger partial charge is 0.457 e. The van der Waals surface area contributed by atoms with Gasteiger partial charge >= 0.3 is 0 Å². The standard InChI is InChI=1S/C22H24N2O/c1-4-9-17-14-24-20(15-23-17)19-12-8-13-21(22(19)16(2)3)25-18-10-6-5-7-11-18/h5-8,10-16H,4,9H2,1-3H3. The van der Waals surface area contributed by atoms with Crippen LogP contribution in [-0.2, 0) is 6.42 Å². The van der Waals surface area contributed by atoms with Crippen molar-refractivity contribution in [3.63, 3.8) is 0 Å². The Bertz CT molecular complexity index is 811. The van der Waals surface area contributed by atoms with E-state index in [-0.39, 0.29) is 0 Å². The van der Waals surface area contributed by atoms with Gasteiger partial charge < -0.3 is 4.74 Å². The molecule has 0 aliphatic rings. The molecule has 0 amide bonds. The minimum absolute atomic E-state index is 0.312. The van der Waals surface area contributed by atoms with Gasteiger partial charge in [-0.15, -0.1) is 0 Å². The van der Waals surface area contributed by atoms with Crippen LogP contribution in [0.1, 0.15) is 44.4 Å². The molecule has 0 radical (unpaired) electrons. The third-order valence-electron chi connectivity index (χ3n) is 4.10. The van der Waals surface area contributed by atoms with E-state index in [4.69, 9.17) is 4.74 Å². The molecular formula is C22H24N2O. The van der Waals surface area contributed by atoms with Gasteiger partial charge in [-0.2, -0.15) is 0 Å². The normalized spacial score (nSPS) is 10.9. The van der Waals surface area contributed by atoms with Gasteiger partial charge in [-0.1, -0.05) is 57.5 Å². The Morgan fingerprint density at radius 2 is 1.72 bits per heavy atom. The zero-order valence-corrected chi connectivity index (χ0v) is 15.1. The molecule has 3 heteroatoms. The van der Waals surface area contributed by atoms with E-state index in [1.54, 1.807) is 0 Å². The number of benzene rings is 2. The lowest BCUT2D eigenvalue weighted by Crippen LogP contribution is -2.00.